The van der Waals surface area contributed by atoms with Crippen LogP contribution in [0.1, 0.15) is 37.4 Å². The number of carbonyl (C=O) groups excluding carboxylic acids is 2. The van der Waals surface area contributed by atoms with Gasteiger partial charge in [0.05, 0.1) is 17.4 Å². The molecule has 0 radical (unpaired) electrons. The number of esters is 1. The fourth-order valence-corrected chi connectivity index (χ4v) is 4.38. The van der Waals surface area contributed by atoms with Gasteiger partial charge in [0.25, 0.3) is 0 Å². The second-order valence-electron chi connectivity index (χ2n) is 7.37. The van der Waals surface area contributed by atoms with Crippen LogP contribution in [-0.2, 0) is 24.6 Å². The molecule has 0 amide bonds. The van der Waals surface area contributed by atoms with Crippen molar-refractivity contribution in [1.82, 2.24) is 0 Å². The number of phenols is 2. The lowest BCUT2D eigenvalue weighted by atomic mass is 9.77. The predicted molar refractivity (Wildman–Crippen MR) is 108 cm³/mol. The minimum Gasteiger partial charge on any atom is -0.508 e. The number of fused-ring (bicyclic) bond motifs is 6. The molecule has 3 aromatic carbocycles. The number of carbonyl (C=O) groups is 2. The zero-order valence-corrected chi connectivity index (χ0v) is 17.2. The highest BCUT2D eigenvalue weighted by atomic mass is 32.2. The molecular formula is C22H14O9S. The maximum absolute atomic E-state index is 12.8. The Morgan fingerprint density at radius 1 is 0.906 bits per heavy atom. The van der Waals surface area contributed by atoms with E-state index < -0.39 is 27.7 Å². The van der Waals surface area contributed by atoms with Gasteiger partial charge in [-0.05, 0) is 42.5 Å². The lowest BCUT2D eigenvalue weighted by Crippen LogP contribution is -2.33. The van der Waals surface area contributed by atoms with E-state index in [1.54, 1.807) is 0 Å². The molecule has 0 aromatic heterocycles. The third kappa shape index (κ3) is 2.88. The second kappa shape index (κ2) is 6.47. The Hall–Kier alpha value is -4.05. The normalized spacial score (nSPS) is 15.2. The summed E-state index contributed by atoms with van der Waals surface area (Å²) in [6, 6.07) is 12.4. The fraction of sp³-hybridized carbons (Fsp3) is 0.0909. The number of rotatable bonds is 2. The molecule has 2 heterocycles. The van der Waals surface area contributed by atoms with Crippen LogP contribution in [-0.4, -0.2) is 36.8 Å². The fourth-order valence-electron chi connectivity index (χ4n) is 4.01. The average molecular weight is 454 g/mol. The van der Waals surface area contributed by atoms with Crippen molar-refractivity contribution in [3.8, 4) is 23.0 Å². The summed E-state index contributed by atoms with van der Waals surface area (Å²) in [7, 11) is -4.06. The second-order valence-corrected chi connectivity index (χ2v) is 8.94. The first-order valence-electron chi connectivity index (χ1n) is 9.25. The molecule has 0 saturated carbocycles. The van der Waals surface area contributed by atoms with E-state index in [0.29, 0.717) is 11.1 Å². The van der Waals surface area contributed by atoms with E-state index in [9.17, 15) is 28.2 Å². The third-order valence-corrected chi connectivity index (χ3v) is 5.69. The Kier molecular flexibility index (Phi) is 4.02. The van der Waals surface area contributed by atoms with E-state index >= 15 is 0 Å². The number of benzene rings is 3. The number of phenolic OH excluding ortho intramolecular Hbond substituents is 2. The molecular weight excluding hydrogens is 440 g/mol. The lowest BCUT2D eigenvalue weighted by Gasteiger charge is -2.36. The van der Waals surface area contributed by atoms with Crippen LogP contribution in [0, 0.1) is 0 Å². The summed E-state index contributed by atoms with van der Waals surface area (Å²) in [6.45, 7) is 0. The summed E-state index contributed by atoms with van der Waals surface area (Å²) in [4.78, 5) is 25.2. The van der Waals surface area contributed by atoms with Crippen molar-refractivity contribution < 1.29 is 41.9 Å². The quantitative estimate of drug-likeness (QED) is 0.442. The lowest BCUT2D eigenvalue weighted by molar-refractivity contribution is 0.0224. The molecule has 162 valence electrons. The first kappa shape index (κ1) is 19.9. The maximum Gasteiger partial charge on any atom is 0.353 e. The van der Waals surface area contributed by atoms with Gasteiger partial charge in [-0.25, -0.2) is 9.59 Å². The number of hydrogen-bond donors (Lipinski definition) is 2. The van der Waals surface area contributed by atoms with Crippen LogP contribution in [0.15, 0.2) is 54.6 Å². The van der Waals surface area contributed by atoms with Crippen molar-refractivity contribution in [2.24, 2.45) is 0 Å². The van der Waals surface area contributed by atoms with Gasteiger partial charge in [0, 0.05) is 28.8 Å². The van der Waals surface area contributed by atoms with E-state index in [1.807, 2.05) is 0 Å². The summed E-state index contributed by atoms with van der Waals surface area (Å²) < 4.78 is 39.0. The van der Waals surface area contributed by atoms with Crippen molar-refractivity contribution in [2.75, 3.05) is 6.26 Å². The van der Waals surface area contributed by atoms with Crippen LogP contribution in [0.25, 0.3) is 0 Å². The first-order valence-corrected chi connectivity index (χ1v) is 11.1. The van der Waals surface area contributed by atoms with Crippen molar-refractivity contribution in [1.29, 1.82) is 0 Å². The molecule has 0 unspecified atom stereocenters. The Balaban J connectivity index is 1.80. The Morgan fingerprint density at radius 2 is 1.50 bits per heavy atom. The average Bonchev–Trinajstić information content (AvgIpc) is 2.99. The highest BCUT2D eigenvalue weighted by Gasteiger charge is 2.54. The summed E-state index contributed by atoms with van der Waals surface area (Å²) >= 11 is 0. The zero-order valence-electron chi connectivity index (χ0n) is 16.4. The summed E-state index contributed by atoms with van der Waals surface area (Å²) in [6.07, 6.45) is 0.746. The molecule has 2 aliphatic heterocycles. The molecule has 0 aliphatic carbocycles. The monoisotopic (exact) mass is 454 g/mol. The summed E-state index contributed by atoms with van der Waals surface area (Å²) in [5.74, 6) is -1.65. The molecule has 0 bridgehead atoms. The Morgan fingerprint density at radius 3 is 2.06 bits per heavy atom. The number of ether oxygens (including phenoxy) is 2. The molecule has 0 atom stereocenters. The molecule has 2 N–H and O–H groups in total. The predicted octanol–water partition coefficient (Wildman–Crippen LogP) is 2.78. The highest BCUT2D eigenvalue weighted by Crippen LogP contribution is 2.57. The minimum absolute atomic E-state index is 0.0995. The molecule has 2 aliphatic rings. The third-order valence-electron chi connectivity index (χ3n) is 5.24. The SMILES string of the molecule is CS(=O)(=O)OC(=O)c1ccc2c(c1)C1(OC2=O)c2ccc(O)cc2Oc2cc(O)ccc21. The van der Waals surface area contributed by atoms with Crippen LogP contribution < -0.4 is 4.74 Å². The number of aromatic hydroxyl groups is 2. The van der Waals surface area contributed by atoms with Crippen LogP contribution >= 0.6 is 0 Å². The molecule has 1 spiro atoms. The van der Waals surface area contributed by atoms with E-state index in [1.165, 1.54) is 54.6 Å². The first-order chi connectivity index (χ1) is 15.1. The highest BCUT2D eigenvalue weighted by molar-refractivity contribution is 7.86. The van der Waals surface area contributed by atoms with Gasteiger partial charge >= 0.3 is 22.1 Å². The Labute approximate surface area is 181 Å². The van der Waals surface area contributed by atoms with Crippen molar-refractivity contribution in [2.45, 2.75) is 5.60 Å². The van der Waals surface area contributed by atoms with Gasteiger partial charge in [0.1, 0.15) is 23.0 Å². The van der Waals surface area contributed by atoms with Crippen LogP contribution in [0.4, 0.5) is 0 Å². The van der Waals surface area contributed by atoms with Crippen LogP contribution in [0.5, 0.6) is 23.0 Å². The Bertz CT molecular complexity index is 1390. The van der Waals surface area contributed by atoms with Gasteiger partial charge in [0.15, 0.2) is 5.60 Å². The molecule has 0 fully saturated rings. The summed E-state index contributed by atoms with van der Waals surface area (Å²) in [5, 5.41) is 19.9. The van der Waals surface area contributed by atoms with Gasteiger partial charge in [-0.15, -0.1) is 0 Å². The standard InChI is InChI=1S/C22H14O9S/c1-32(27,28)31-20(25)11-2-5-14-17(8-11)22(30-21(14)26)15-6-3-12(23)9-18(15)29-19-10-13(24)4-7-16(19)22/h2-10,23-24H,1H3. The van der Waals surface area contributed by atoms with Gasteiger partial charge in [-0.1, -0.05) is 0 Å². The van der Waals surface area contributed by atoms with E-state index in [4.69, 9.17) is 9.47 Å². The van der Waals surface area contributed by atoms with Crippen molar-refractivity contribution in [3.05, 3.63) is 82.4 Å². The molecule has 5 rings (SSSR count). The van der Waals surface area contributed by atoms with Gasteiger partial charge in [0.2, 0.25) is 0 Å². The summed E-state index contributed by atoms with van der Waals surface area (Å²) in [5.41, 5.74) is -0.533. The maximum atomic E-state index is 12.8. The zero-order chi connectivity index (χ0) is 22.8. The van der Waals surface area contributed by atoms with E-state index in [2.05, 4.69) is 4.18 Å². The van der Waals surface area contributed by atoms with E-state index in [0.717, 1.165) is 6.26 Å². The molecule has 3 aromatic rings. The molecule has 0 saturated heterocycles. The molecule has 10 heteroatoms. The minimum atomic E-state index is -4.06. The van der Waals surface area contributed by atoms with Crippen molar-refractivity contribution >= 4 is 22.1 Å². The van der Waals surface area contributed by atoms with Crippen LogP contribution in [0.2, 0.25) is 0 Å². The van der Waals surface area contributed by atoms with Crippen LogP contribution in [0.3, 0.4) is 0 Å². The largest absolute Gasteiger partial charge is 0.508 e. The molecule has 32 heavy (non-hydrogen) atoms. The topological polar surface area (TPSA) is 136 Å². The van der Waals surface area contributed by atoms with Crippen molar-refractivity contribution in [3.63, 3.8) is 0 Å². The smallest absolute Gasteiger partial charge is 0.353 e. The number of hydrogen-bond acceptors (Lipinski definition) is 9. The molecule has 9 nitrogen and oxygen atoms in total. The van der Waals surface area contributed by atoms with Gasteiger partial charge < -0.3 is 23.9 Å². The van der Waals surface area contributed by atoms with E-state index in [-0.39, 0.29) is 39.7 Å². The van der Waals surface area contributed by atoms with Gasteiger partial charge in [-0.3, -0.25) is 0 Å². The van der Waals surface area contributed by atoms with Gasteiger partial charge in [-0.2, -0.15) is 8.42 Å².